The molecule has 0 radical (unpaired) electrons. The van der Waals surface area contributed by atoms with Crippen LogP contribution in [0.3, 0.4) is 0 Å². The summed E-state index contributed by atoms with van der Waals surface area (Å²) in [5.41, 5.74) is 1.58. The van der Waals surface area contributed by atoms with Crippen LogP contribution in [0.15, 0.2) is 48.5 Å². The number of carboxylic acids is 1. The van der Waals surface area contributed by atoms with E-state index in [9.17, 15) is 15.0 Å². The van der Waals surface area contributed by atoms with E-state index in [1.165, 1.54) is 12.1 Å². The highest BCUT2D eigenvalue weighted by Gasteiger charge is 2.20. The molecule has 2 N–H and O–H groups in total. The van der Waals surface area contributed by atoms with Gasteiger partial charge in [-0.2, -0.15) is 0 Å². The van der Waals surface area contributed by atoms with Crippen LogP contribution in [0.25, 0.3) is 0 Å². The summed E-state index contributed by atoms with van der Waals surface area (Å²) in [5.74, 6) is -0.648. The Morgan fingerprint density at radius 3 is 2.55 bits per heavy atom. The minimum atomic E-state index is -0.884. The van der Waals surface area contributed by atoms with Gasteiger partial charge in [0.25, 0.3) is 0 Å². The highest BCUT2D eigenvalue weighted by atomic mass is 16.5. The molecule has 116 valence electrons. The lowest BCUT2D eigenvalue weighted by Crippen LogP contribution is -2.14. The average molecular weight is 300 g/mol. The number of rotatable bonds is 7. The summed E-state index contributed by atoms with van der Waals surface area (Å²) in [6.07, 6.45) is 1.30. The summed E-state index contributed by atoms with van der Waals surface area (Å²) in [6, 6.07) is 13.8. The van der Waals surface area contributed by atoms with Crippen molar-refractivity contribution in [3.63, 3.8) is 0 Å². The molecular formula is C18H20O4. The number of aromatic hydroxyl groups is 1. The van der Waals surface area contributed by atoms with Crippen LogP contribution in [-0.4, -0.2) is 22.8 Å². The number of phenols is 1. The minimum Gasteiger partial charge on any atom is -0.508 e. The number of carboxylic acid groups (broad SMARTS) is 1. The van der Waals surface area contributed by atoms with E-state index >= 15 is 0 Å². The lowest BCUT2D eigenvalue weighted by atomic mass is 9.92. The van der Waals surface area contributed by atoms with E-state index in [2.05, 4.69) is 0 Å². The van der Waals surface area contributed by atoms with E-state index in [0.29, 0.717) is 18.6 Å². The summed E-state index contributed by atoms with van der Waals surface area (Å²) < 4.78 is 5.58. The molecule has 4 heteroatoms. The molecule has 1 unspecified atom stereocenters. The van der Waals surface area contributed by atoms with Gasteiger partial charge in [-0.25, -0.2) is 0 Å². The lowest BCUT2D eigenvalue weighted by Gasteiger charge is -2.14. The number of benzene rings is 2. The topological polar surface area (TPSA) is 66.8 Å². The summed E-state index contributed by atoms with van der Waals surface area (Å²) in [7, 11) is 0. The Morgan fingerprint density at radius 2 is 1.91 bits per heavy atom. The van der Waals surface area contributed by atoms with Gasteiger partial charge in [-0.1, -0.05) is 31.2 Å². The second kappa shape index (κ2) is 7.50. The number of ether oxygens (including phenoxy) is 1. The van der Waals surface area contributed by atoms with Gasteiger partial charge in [0.2, 0.25) is 0 Å². The number of carbonyl (C=O) groups is 1. The highest BCUT2D eigenvalue weighted by molar-refractivity contribution is 5.76. The number of phenolic OH excluding ortho intramolecular Hbond substituents is 1. The first-order valence-corrected chi connectivity index (χ1v) is 7.33. The molecule has 1 atom stereocenters. The third kappa shape index (κ3) is 4.25. The molecule has 2 rings (SSSR count). The average Bonchev–Trinajstić information content (AvgIpc) is 2.52. The molecule has 4 nitrogen and oxygen atoms in total. The SMILES string of the molecule is CCCOc1cccc(CC(C(=O)O)c2ccc(O)cc2)c1. The van der Waals surface area contributed by atoms with Crippen LogP contribution in [0.2, 0.25) is 0 Å². The summed E-state index contributed by atoms with van der Waals surface area (Å²) in [6.45, 7) is 2.68. The van der Waals surface area contributed by atoms with Crippen LogP contribution in [0.1, 0.15) is 30.4 Å². The molecule has 2 aromatic rings. The standard InChI is InChI=1S/C18H20O4/c1-2-10-22-16-5-3-4-13(11-16)12-17(18(20)21)14-6-8-15(19)9-7-14/h3-9,11,17,19H,2,10,12H2,1H3,(H,20,21). The normalized spacial score (nSPS) is 11.9. The molecule has 22 heavy (non-hydrogen) atoms. The van der Waals surface area contributed by atoms with Crippen molar-refractivity contribution in [2.45, 2.75) is 25.7 Å². The molecule has 0 aromatic heterocycles. The van der Waals surface area contributed by atoms with Gasteiger partial charge in [-0.15, -0.1) is 0 Å². The molecule has 0 aliphatic carbocycles. The van der Waals surface area contributed by atoms with Gasteiger partial charge in [-0.05, 0) is 48.2 Å². The van der Waals surface area contributed by atoms with Gasteiger partial charge in [0.05, 0.1) is 12.5 Å². The summed E-state index contributed by atoms with van der Waals surface area (Å²) in [4.78, 5) is 11.6. The largest absolute Gasteiger partial charge is 0.508 e. The maximum Gasteiger partial charge on any atom is 0.311 e. The highest BCUT2D eigenvalue weighted by Crippen LogP contribution is 2.25. The Bertz CT molecular complexity index is 619. The van der Waals surface area contributed by atoms with Crippen molar-refractivity contribution in [3.05, 3.63) is 59.7 Å². The lowest BCUT2D eigenvalue weighted by molar-refractivity contribution is -0.138. The molecule has 0 bridgehead atoms. The minimum absolute atomic E-state index is 0.128. The number of hydrogen-bond donors (Lipinski definition) is 2. The molecule has 0 heterocycles. The molecular weight excluding hydrogens is 280 g/mol. The fourth-order valence-corrected chi connectivity index (χ4v) is 2.27. The van der Waals surface area contributed by atoms with Crippen molar-refractivity contribution in [1.82, 2.24) is 0 Å². The molecule has 2 aromatic carbocycles. The zero-order valence-electron chi connectivity index (χ0n) is 12.5. The maximum atomic E-state index is 11.6. The van der Waals surface area contributed by atoms with Crippen LogP contribution in [-0.2, 0) is 11.2 Å². The smallest absolute Gasteiger partial charge is 0.311 e. The Balaban J connectivity index is 2.17. The van der Waals surface area contributed by atoms with E-state index in [4.69, 9.17) is 4.74 Å². The van der Waals surface area contributed by atoms with E-state index < -0.39 is 11.9 Å². The molecule has 0 aliphatic rings. The number of hydrogen-bond acceptors (Lipinski definition) is 3. The van der Waals surface area contributed by atoms with Crippen LogP contribution >= 0.6 is 0 Å². The zero-order valence-corrected chi connectivity index (χ0v) is 12.5. The Labute approximate surface area is 130 Å². The quantitative estimate of drug-likeness (QED) is 0.820. The van der Waals surface area contributed by atoms with Crippen molar-refractivity contribution in [3.8, 4) is 11.5 Å². The van der Waals surface area contributed by atoms with Crippen LogP contribution in [0, 0.1) is 0 Å². The van der Waals surface area contributed by atoms with Crippen LogP contribution < -0.4 is 4.74 Å². The van der Waals surface area contributed by atoms with Gasteiger partial charge in [-0.3, -0.25) is 4.79 Å². The first-order chi connectivity index (χ1) is 10.6. The van der Waals surface area contributed by atoms with E-state index in [1.807, 2.05) is 31.2 Å². The first-order valence-electron chi connectivity index (χ1n) is 7.33. The monoisotopic (exact) mass is 300 g/mol. The second-order valence-corrected chi connectivity index (χ2v) is 5.18. The Hall–Kier alpha value is -2.49. The Kier molecular flexibility index (Phi) is 5.42. The molecule has 0 saturated heterocycles. The third-order valence-corrected chi connectivity index (χ3v) is 3.40. The van der Waals surface area contributed by atoms with Crippen molar-refractivity contribution < 1.29 is 19.7 Å². The molecule has 0 saturated carbocycles. The second-order valence-electron chi connectivity index (χ2n) is 5.18. The van der Waals surface area contributed by atoms with E-state index in [-0.39, 0.29) is 5.75 Å². The van der Waals surface area contributed by atoms with Crippen LogP contribution in [0.4, 0.5) is 0 Å². The fraction of sp³-hybridized carbons (Fsp3) is 0.278. The molecule has 0 aliphatic heterocycles. The van der Waals surface area contributed by atoms with Crippen molar-refractivity contribution in [1.29, 1.82) is 0 Å². The van der Waals surface area contributed by atoms with Gasteiger partial charge in [0.1, 0.15) is 11.5 Å². The molecule has 0 fully saturated rings. The molecule has 0 spiro atoms. The van der Waals surface area contributed by atoms with E-state index in [0.717, 1.165) is 17.7 Å². The van der Waals surface area contributed by atoms with E-state index in [1.54, 1.807) is 12.1 Å². The summed E-state index contributed by atoms with van der Waals surface area (Å²) >= 11 is 0. The van der Waals surface area contributed by atoms with Crippen LogP contribution in [0.5, 0.6) is 11.5 Å². The van der Waals surface area contributed by atoms with Crippen molar-refractivity contribution in [2.75, 3.05) is 6.61 Å². The van der Waals surface area contributed by atoms with Gasteiger partial charge in [0.15, 0.2) is 0 Å². The molecule has 0 amide bonds. The van der Waals surface area contributed by atoms with Crippen molar-refractivity contribution >= 4 is 5.97 Å². The van der Waals surface area contributed by atoms with Gasteiger partial charge in [0, 0.05) is 0 Å². The predicted molar refractivity (Wildman–Crippen MR) is 84.4 cm³/mol. The van der Waals surface area contributed by atoms with Gasteiger partial charge >= 0.3 is 5.97 Å². The van der Waals surface area contributed by atoms with Gasteiger partial charge < -0.3 is 14.9 Å². The maximum absolute atomic E-state index is 11.6. The first kappa shape index (κ1) is 15.9. The zero-order chi connectivity index (χ0) is 15.9. The predicted octanol–water partition coefficient (Wildman–Crippen LogP) is 3.59. The Morgan fingerprint density at radius 1 is 1.18 bits per heavy atom. The van der Waals surface area contributed by atoms with Crippen molar-refractivity contribution in [2.24, 2.45) is 0 Å². The third-order valence-electron chi connectivity index (χ3n) is 3.40. The number of aliphatic carboxylic acids is 1. The fourth-order valence-electron chi connectivity index (χ4n) is 2.27. The summed E-state index contributed by atoms with van der Waals surface area (Å²) in [5, 5.41) is 18.8.